The van der Waals surface area contributed by atoms with Gasteiger partial charge < -0.3 is 19.6 Å². The molecule has 132 valence electrons. The minimum atomic E-state index is -0.966. The Kier molecular flexibility index (Phi) is 4.97. The number of aromatic carboxylic acids is 1. The van der Waals surface area contributed by atoms with E-state index in [0.29, 0.717) is 11.8 Å². The lowest BCUT2D eigenvalue weighted by Crippen LogP contribution is -2.32. The lowest BCUT2D eigenvalue weighted by molar-refractivity contribution is 0.0696. The molecule has 3 heterocycles. The minimum Gasteiger partial charge on any atom is -0.481 e. The lowest BCUT2D eigenvalue weighted by atomic mass is 10.3. The third-order valence-electron chi connectivity index (χ3n) is 4.13. The van der Waals surface area contributed by atoms with Gasteiger partial charge in [0.15, 0.2) is 0 Å². The Hall–Kier alpha value is -2.90. The van der Waals surface area contributed by atoms with Crippen LogP contribution in [-0.4, -0.2) is 59.3 Å². The number of carboxylic acid groups (broad SMARTS) is 1. The second kappa shape index (κ2) is 7.33. The molecule has 1 N–H and O–H groups in total. The third kappa shape index (κ3) is 3.96. The number of carbonyl (C=O) groups is 1. The lowest BCUT2D eigenvalue weighted by Gasteiger charge is -2.23. The van der Waals surface area contributed by atoms with Gasteiger partial charge >= 0.3 is 5.97 Å². The Morgan fingerprint density at radius 1 is 1.16 bits per heavy atom. The summed E-state index contributed by atoms with van der Waals surface area (Å²) in [5, 5.41) is 8.97. The fourth-order valence-corrected chi connectivity index (χ4v) is 2.82. The molecule has 0 aliphatic carbocycles. The number of methoxy groups -OCH3 is 1. The van der Waals surface area contributed by atoms with E-state index in [0.717, 1.165) is 44.1 Å². The fourth-order valence-electron chi connectivity index (χ4n) is 2.82. The predicted molar refractivity (Wildman–Crippen MR) is 93.6 cm³/mol. The van der Waals surface area contributed by atoms with Crippen LogP contribution in [0.25, 0.3) is 0 Å². The van der Waals surface area contributed by atoms with Crippen molar-refractivity contribution in [1.82, 2.24) is 15.0 Å². The van der Waals surface area contributed by atoms with Crippen molar-refractivity contribution in [2.24, 2.45) is 0 Å². The Labute approximate surface area is 146 Å². The van der Waals surface area contributed by atoms with Gasteiger partial charge in [-0.1, -0.05) is 0 Å². The summed E-state index contributed by atoms with van der Waals surface area (Å²) in [5.74, 6) is 1.06. The standard InChI is InChI=1S/C17H21N5O3/c1-12-10-15(25-2)20-17(19-12)22-7-3-6-21(8-9-22)14-5-4-13(11-18-14)16(23)24/h4-5,10-11H,3,6-9H2,1-2H3,(H,23,24). The van der Waals surface area contributed by atoms with E-state index >= 15 is 0 Å². The van der Waals surface area contributed by atoms with Crippen LogP contribution in [0.15, 0.2) is 24.4 Å². The minimum absolute atomic E-state index is 0.195. The summed E-state index contributed by atoms with van der Waals surface area (Å²) in [4.78, 5) is 28.5. The quantitative estimate of drug-likeness (QED) is 0.895. The van der Waals surface area contributed by atoms with E-state index < -0.39 is 5.97 Å². The maximum absolute atomic E-state index is 10.9. The number of hydrogen-bond acceptors (Lipinski definition) is 7. The molecule has 3 rings (SSSR count). The average molecular weight is 343 g/mol. The largest absolute Gasteiger partial charge is 0.481 e. The van der Waals surface area contributed by atoms with Gasteiger partial charge in [0.25, 0.3) is 0 Å². The molecule has 2 aromatic heterocycles. The van der Waals surface area contributed by atoms with Gasteiger partial charge in [0.2, 0.25) is 11.8 Å². The van der Waals surface area contributed by atoms with Crippen molar-refractivity contribution in [2.45, 2.75) is 13.3 Å². The number of ether oxygens (including phenoxy) is 1. The normalized spacial score (nSPS) is 15.0. The van der Waals surface area contributed by atoms with E-state index in [1.807, 2.05) is 13.0 Å². The highest BCUT2D eigenvalue weighted by Crippen LogP contribution is 2.19. The zero-order valence-corrected chi connectivity index (χ0v) is 14.3. The Morgan fingerprint density at radius 3 is 2.60 bits per heavy atom. The highest BCUT2D eigenvalue weighted by Gasteiger charge is 2.19. The fraction of sp³-hybridized carbons (Fsp3) is 0.412. The second-order valence-corrected chi connectivity index (χ2v) is 5.89. The molecule has 8 nitrogen and oxygen atoms in total. The van der Waals surface area contributed by atoms with Crippen LogP contribution in [0.3, 0.4) is 0 Å². The highest BCUT2D eigenvalue weighted by atomic mass is 16.5. The van der Waals surface area contributed by atoms with Gasteiger partial charge in [-0.15, -0.1) is 0 Å². The smallest absolute Gasteiger partial charge is 0.337 e. The van der Waals surface area contributed by atoms with Crippen molar-refractivity contribution in [1.29, 1.82) is 0 Å². The monoisotopic (exact) mass is 343 g/mol. The SMILES string of the molecule is COc1cc(C)nc(N2CCCN(c3ccc(C(=O)O)cn3)CC2)n1. The molecule has 0 spiro atoms. The van der Waals surface area contributed by atoms with Gasteiger partial charge in [0, 0.05) is 44.1 Å². The number of carboxylic acids is 1. The van der Waals surface area contributed by atoms with Crippen molar-refractivity contribution < 1.29 is 14.6 Å². The highest BCUT2D eigenvalue weighted by molar-refractivity contribution is 5.87. The molecule has 1 fully saturated rings. The molecule has 0 unspecified atom stereocenters. The topological polar surface area (TPSA) is 91.7 Å². The molecular weight excluding hydrogens is 322 g/mol. The first kappa shape index (κ1) is 16.9. The number of nitrogens with zero attached hydrogens (tertiary/aromatic N) is 5. The summed E-state index contributed by atoms with van der Waals surface area (Å²) in [7, 11) is 1.60. The molecule has 1 aliphatic rings. The molecule has 0 amide bonds. The molecule has 8 heteroatoms. The van der Waals surface area contributed by atoms with Gasteiger partial charge in [-0.2, -0.15) is 4.98 Å². The Bertz CT molecular complexity index is 750. The molecular formula is C17H21N5O3. The van der Waals surface area contributed by atoms with Gasteiger partial charge in [0.05, 0.1) is 12.7 Å². The second-order valence-electron chi connectivity index (χ2n) is 5.89. The summed E-state index contributed by atoms with van der Waals surface area (Å²) in [6.45, 7) is 5.13. The van der Waals surface area contributed by atoms with Crippen LogP contribution in [0.2, 0.25) is 0 Å². The number of aromatic nitrogens is 3. The maximum Gasteiger partial charge on any atom is 0.337 e. The van der Waals surface area contributed by atoms with E-state index in [2.05, 4.69) is 24.8 Å². The first-order valence-corrected chi connectivity index (χ1v) is 8.16. The molecule has 0 radical (unpaired) electrons. The third-order valence-corrected chi connectivity index (χ3v) is 4.13. The number of aryl methyl sites for hydroxylation is 1. The molecule has 1 aliphatic heterocycles. The molecule has 0 bridgehead atoms. The van der Waals surface area contributed by atoms with Crippen molar-refractivity contribution in [3.05, 3.63) is 35.7 Å². The zero-order valence-electron chi connectivity index (χ0n) is 14.3. The summed E-state index contributed by atoms with van der Waals surface area (Å²) >= 11 is 0. The van der Waals surface area contributed by atoms with Crippen molar-refractivity contribution in [3.63, 3.8) is 0 Å². The van der Waals surface area contributed by atoms with Crippen LogP contribution >= 0.6 is 0 Å². The van der Waals surface area contributed by atoms with Crippen LogP contribution in [0.1, 0.15) is 22.5 Å². The summed E-state index contributed by atoms with van der Waals surface area (Å²) < 4.78 is 5.23. The van der Waals surface area contributed by atoms with Crippen molar-refractivity contribution in [3.8, 4) is 5.88 Å². The summed E-state index contributed by atoms with van der Waals surface area (Å²) in [5.41, 5.74) is 1.06. The van der Waals surface area contributed by atoms with Gasteiger partial charge in [-0.3, -0.25) is 0 Å². The van der Waals surface area contributed by atoms with Crippen LogP contribution in [-0.2, 0) is 0 Å². The van der Waals surface area contributed by atoms with Crippen LogP contribution < -0.4 is 14.5 Å². The summed E-state index contributed by atoms with van der Waals surface area (Å²) in [6.07, 6.45) is 2.33. The Morgan fingerprint density at radius 2 is 1.92 bits per heavy atom. The van der Waals surface area contributed by atoms with Gasteiger partial charge in [-0.25, -0.2) is 14.8 Å². The van der Waals surface area contributed by atoms with Gasteiger partial charge in [0.1, 0.15) is 5.82 Å². The number of pyridine rings is 1. The molecule has 0 aromatic carbocycles. The van der Waals surface area contributed by atoms with Gasteiger partial charge in [-0.05, 0) is 25.5 Å². The predicted octanol–water partition coefficient (Wildman–Crippen LogP) is 1.60. The maximum atomic E-state index is 10.9. The van der Waals surface area contributed by atoms with E-state index in [-0.39, 0.29) is 5.56 Å². The molecule has 2 aromatic rings. The molecule has 1 saturated heterocycles. The van der Waals surface area contributed by atoms with Crippen LogP contribution in [0.5, 0.6) is 5.88 Å². The molecule has 25 heavy (non-hydrogen) atoms. The van der Waals surface area contributed by atoms with Crippen molar-refractivity contribution >= 4 is 17.7 Å². The number of rotatable bonds is 4. The molecule has 0 atom stereocenters. The molecule has 0 saturated carbocycles. The van der Waals surface area contributed by atoms with E-state index in [1.54, 1.807) is 19.2 Å². The number of anilines is 2. The van der Waals surface area contributed by atoms with Crippen LogP contribution in [0, 0.1) is 6.92 Å². The van der Waals surface area contributed by atoms with Crippen LogP contribution in [0.4, 0.5) is 11.8 Å². The number of hydrogen-bond donors (Lipinski definition) is 1. The first-order valence-electron chi connectivity index (χ1n) is 8.16. The summed E-state index contributed by atoms with van der Waals surface area (Å²) in [6, 6.07) is 5.15. The average Bonchev–Trinajstić information content (AvgIpc) is 2.87. The zero-order chi connectivity index (χ0) is 17.8. The van der Waals surface area contributed by atoms with E-state index in [1.165, 1.54) is 6.20 Å². The first-order chi connectivity index (χ1) is 12.1. The Balaban J connectivity index is 1.72. The van der Waals surface area contributed by atoms with E-state index in [4.69, 9.17) is 9.84 Å². The van der Waals surface area contributed by atoms with E-state index in [9.17, 15) is 4.79 Å². The van der Waals surface area contributed by atoms with Crippen molar-refractivity contribution in [2.75, 3.05) is 43.1 Å².